The fraction of sp³-hybridized carbons (Fsp3) is 0.364. The molecule has 8 nitrogen and oxygen atoms in total. The second-order valence-electron chi connectivity index (χ2n) is 4.37. The van der Waals surface area contributed by atoms with Crippen LogP contribution in [-0.2, 0) is 11.0 Å². The number of rotatable bonds is 7. The highest BCUT2D eigenvalue weighted by Crippen LogP contribution is 2.33. The third-order valence-electron chi connectivity index (χ3n) is 2.78. The van der Waals surface area contributed by atoms with Gasteiger partial charge in [-0.15, -0.1) is 10.2 Å². The molecular weight excluding hydrogens is 281 g/mol. The van der Waals surface area contributed by atoms with Crippen LogP contribution in [0.25, 0.3) is 0 Å². The Kier molecular flexibility index (Phi) is 4.97. The summed E-state index contributed by atoms with van der Waals surface area (Å²) in [7, 11) is -4.11. The second-order valence-corrected chi connectivity index (χ2v) is 6.02. The smallest absolute Gasteiger partial charge is 0.324 e. The summed E-state index contributed by atoms with van der Waals surface area (Å²) in [6.45, 7) is 0. The monoisotopic (exact) mass is 297 g/mol. The number of hydrogen-bond donors (Lipinski definition) is 4. The molecule has 0 aliphatic heterocycles. The maximum Gasteiger partial charge on any atom is 0.339 e. The van der Waals surface area contributed by atoms with E-state index in [0.29, 0.717) is 12.2 Å². The Morgan fingerprint density at radius 2 is 2.05 bits per heavy atom. The molecule has 0 fully saturated rings. The lowest BCUT2D eigenvalue weighted by Gasteiger charge is -2.15. The van der Waals surface area contributed by atoms with Crippen LogP contribution in [0.2, 0.25) is 0 Å². The van der Waals surface area contributed by atoms with Gasteiger partial charge in [-0.3, -0.25) is 9.88 Å². The molecule has 0 amide bonds. The highest BCUT2D eigenvalue weighted by atomic mass is 31.2. The van der Waals surface area contributed by atoms with Gasteiger partial charge in [-0.25, -0.2) is 0 Å². The fourth-order valence-corrected chi connectivity index (χ4v) is 2.28. The number of tetrazole rings is 1. The van der Waals surface area contributed by atoms with Crippen LogP contribution in [0.4, 0.5) is 0 Å². The Morgan fingerprint density at radius 1 is 1.30 bits per heavy atom. The summed E-state index contributed by atoms with van der Waals surface area (Å²) in [6, 6.07) is 9.46. The van der Waals surface area contributed by atoms with Gasteiger partial charge >= 0.3 is 7.60 Å². The summed E-state index contributed by atoms with van der Waals surface area (Å²) in [4.78, 5) is 17.9. The maximum absolute atomic E-state index is 10.9. The van der Waals surface area contributed by atoms with Crippen LogP contribution in [-0.4, -0.2) is 36.7 Å². The fourth-order valence-electron chi connectivity index (χ4n) is 1.82. The van der Waals surface area contributed by atoms with Crippen molar-refractivity contribution in [2.45, 2.75) is 18.9 Å². The van der Waals surface area contributed by atoms with Crippen LogP contribution in [0, 0.1) is 0 Å². The zero-order valence-electron chi connectivity index (χ0n) is 10.7. The standard InChI is InChI=1S/C11H16N5O3P/c17-20(18,19)8-12-10(11-13-15-16-14-11)7-6-9-4-2-1-3-5-9/h1-5,10,12H,6-8H2,(H2,17,18,19)(H,13,14,15,16)/t10-/m0/s1. The summed E-state index contributed by atoms with van der Waals surface area (Å²) in [5, 5.41) is 16.3. The lowest BCUT2D eigenvalue weighted by atomic mass is 10.1. The number of H-pyrrole nitrogens is 1. The average molecular weight is 297 g/mol. The van der Waals surface area contributed by atoms with Crippen molar-refractivity contribution >= 4 is 7.60 Å². The molecule has 0 aliphatic carbocycles. The van der Waals surface area contributed by atoms with Gasteiger partial charge in [-0.05, 0) is 18.4 Å². The molecule has 1 atom stereocenters. The van der Waals surface area contributed by atoms with Gasteiger partial charge in [0.2, 0.25) is 0 Å². The van der Waals surface area contributed by atoms with Crippen molar-refractivity contribution in [3.05, 3.63) is 41.7 Å². The molecule has 0 bridgehead atoms. The van der Waals surface area contributed by atoms with E-state index in [0.717, 1.165) is 12.0 Å². The Morgan fingerprint density at radius 3 is 2.65 bits per heavy atom. The summed E-state index contributed by atoms with van der Waals surface area (Å²) in [5.74, 6) is 0.398. The largest absolute Gasteiger partial charge is 0.339 e. The summed E-state index contributed by atoms with van der Waals surface area (Å²) >= 11 is 0. The molecule has 1 heterocycles. The first-order chi connectivity index (χ1) is 9.54. The van der Waals surface area contributed by atoms with Crippen molar-refractivity contribution in [3.63, 3.8) is 0 Å². The number of aromatic nitrogens is 4. The normalized spacial score (nSPS) is 13.3. The first-order valence-corrected chi connectivity index (χ1v) is 7.89. The van der Waals surface area contributed by atoms with Crippen molar-refractivity contribution in [3.8, 4) is 0 Å². The molecule has 2 rings (SSSR count). The van der Waals surface area contributed by atoms with Crippen molar-refractivity contribution < 1.29 is 14.4 Å². The van der Waals surface area contributed by atoms with Crippen LogP contribution in [0.15, 0.2) is 30.3 Å². The zero-order chi connectivity index (χ0) is 14.4. The second kappa shape index (κ2) is 6.71. The molecule has 0 saturated heterocycles. The molecule has 1 aromatic carbocycles. The SMILES string of the molecule is O=P(O)(O)CN[C@@H](CCc1ccccc1)c1nn[nH]n1. The molecule has 108 valence electrons. The number of aromatic amines is 1. The van der Waals surface area contributed by atoms with Gasteiger partial charge in [-0.1, -0.05) is 35.5 Å². The Bertz CT molecular complexity index is 557. The third-order valence-corrected chi connectivity index (χ3v) is 3.38. The molecule has 9 heteroatoms. The quantitative estimate of drug-likeness (QED) is 0.551. The predicted molar refractivity (Wildman–Crippen MR) is 71.7 cm³/mol. The Hall–Kier alpha value is -1.60. The van der Waals surface area contributed by atoms with Gasteiger partial charge in [-0.2, -0.15) is 5.21 Å². The highest BCUT2D eigenvalue weighted by Gasteiger charge is 2.20. The van der Waals surface area contributed by atoms with Crippen molar-refractivity contribution in [1.29, 1.82) is 0 Å². The van der Waals surface area contributed by atoms with Gasteiger partial charge in [0.05, 0.1) is 12.3 Å². The van der Waals surface area contributed by atoms with E-state index >= 15 is 0 Å². The molecule has 0 aliphatic rings. The number of aryl methyl sites for hydroxylation is 1. The van der Waals surface area contributed by atoms with Crippen LogP contribution in [0.1, 0.15) is 23.9 Å². The van der Waals surface area contributed by atoms with Crippen LogP contribution >= 0.6 is 7.60 Å². The summed E-state index contributed by atoms with van der Waals surface area (Å²) in [6.07, 6.45) is 0.943. The zero-order valence-corrected chi connectivity index (χ0v) is 11.6. The third kappa shape index (κ3) is 4.82. The van der Waals surface area contributed by atoms with Gasteiger partial charge in [0.25, 0.3) is 0 Å². The molecule has 0 spiro atoms. The molecule has 4 N–H and O–H groups in total. The Labute approximate surface area is 115 Å². The lowest BCUT2D eigenvalue weighted by molar-refractivity contribution is 0.360. The van der Waals surface area contributed by atoms with Crippen molar-refractivity contribution in [2.24, 2.45) is 0 Å². The van der Waals surface area contributed by atoms with E-state index in [4.69, 9.17) is 9.79 Å². The van der Waals surface area contributed by atoms with E-state index in [1.807, 2.05) is 30.3 Å². The van der Waals surface area contributed by atoms with E-state index in [1.165, 1.54) is 0 Å². The highest BCUT2D eigenvalue weighted by molar-refractivity contribution is 7.51. The molecule has 1 aromatic heterocycles. The number of nitrogens with one attached hydrogen (secondary N) is 2. The summed E-state index contributed by atoms with van der Waals surface area (Å²) in [5.41, 5.74) is 1.14. The minimum Gasteiger partial charge on any atom is -0.324 e. The predicted octanol–water partition coefficient (Wildman–Crippen LogP) is 0.598. The number of benzene rings is 1. The van der Waals surface area contributed by atoms with Gasteiger partial charge in [0.15, 0.2) is 5.82 Å². The molecule has 20 heavy (non-hydrogen) atoms. The minimum atomic E-state index is -4.11. The molecule has 0 radical (unpaired) electrons. The number of nitrogens with zero attached hydrogens (tertiary/aromatic N) is 3. The molecule has 0 unspecified atom stereocenters. The topological polar surface area (TPSA) is 124 Å². The van der Waals surface area contributed by atoms with Gasteiger partial charge < -0.3 is 9.79 Å². The van der Waals surface area contributed by atoms with E-state index in [-0.39, 0.29) is 6.04 Å². The molecular formula is C11H16N5O3P. The van der Waals surface area contributed by atoms with E-state index in [9.17, 15) is 4.57 Å². The number of hydrogen-bond acceptors (Lipinski definition) is 5. The van der Waals surface area contributed by atoms with E-state index < -0.39 is 13.9 Å². The van der Waals surface area contributed by atoms with Gasteiger partial charge in [0.1, 0.15) is 0 Å². The first-order valence-electron chi connectivity index (χ1n) is 6.10. The molecule has 0 saturated carbocycles. The van der Waals surface area contributed by atoms with E-state index in [1.54, 1.807) is 0 Å². The molecule has 2 aromatic rings. The van der Waals surface area contributed by atoms with Crippen LogP contribution < -0.4 is 5.32 Å². The van der Waals surface area contributed by atoms with Crippen molar-refractivity contribution in [1.82, 2.24) is 25.9 Å². The average Bonchev–Trinajstić information content (AvgIpc) is 2.93. The van der Waals surface area contributed by atoms with Crippen LogP contribution in [0.3, 0.4) is 0 Å². The van der Waals surface area contributed by atoms with E-state index in [2.05, 4.69) is 25.9 Å². The maximum atomic E-state index is 10.9. The summed E-state index contributed by atoms with van der Waals surface area (Å²) < 4.78 is 10.9. The Balaban J connectivity index is 1.98. The first kappa shape index (κ1) is 14.8. The lowest BCUT2D eigenvalue weighted by Crippen LogP contribution is -2.24. The minimum absolute atomic E-state index is 0.360. The van der Waals surface area contributed by atoms with Crippen molar-refractivity contribution in [2.75, 3.05) is 6.29 Å². The van der Waals surface area contributed by atoms with Crippen LogP contribution in [0.5, 0.6) is 0 Å². The van der Waals surface area contributed by atoms with Gasteiger partial charge in [0, 0.05) is 0 Å².